The number of likely N-dealkylation sites (tertiary alicyclic amines) is 1. The molecule has 130 valence electrons. The number of nitrogens with one attached hydrogen (secondary N) is 3. The van der Waals surface area contributed by atoms with Crippen molar-refractivity contribution in [3.05, 3.63) is 31.8 Å². The lowest BCUT2D eigenvalue weighted by molar-refractivity contribution is -0.137. The number of pyridine rings is 1. The summed E-state index contributed by atoms with van der Waals surface area (Å²) in [6, 6.07) is 0. The van der Waals surface area contributed by atoms with Gasteiger partial charge >= 0.3 is 0 Å². The van der Waals surface area contributed by atoms with E-state index in [0.717, 1.165) is 0 Å². The third kappa shape index (κ3) is 2.98. The summed E-state index contributed by atoms with van der Waals surface area (Å²) in [4.78, 5) is 40.0. The number of carbonyl (C=O) groups excluding carboxylic acids is 1. The van der Waals surface area contributed by atoms with Gasteiger partial charge in [-0.3, -0.25) is 24.6 Å². The summed E-state index contributed by atoms with van der Waals surface area (Å²) in [5.41, 5.74) is 0.492. The number of amides is 1. The molecule has 24 heavy (non-hydrogen) atoms. The van der Waals surface area contributed by atoms with Crippen LogP contribution in [0.15, 0.2) is 9.59 Å². The number of hydrogen-bond acceptors (Lipinski definition) is 3. The first kappa shape index (κ1) is 16.4. The van der Waals surface area contributed by atoms with Crippen molar-refractivity contribution < 1.29 is 13.6 Å². The minimum Gasteiger partial charge on any atom is -0.342 e. The molecule has 1 fully saturated rings. The van der Waals surface area contributed by atoms with E-state index in [1.54, 1.807) is 6.92 Å². The van der Waals surface area contributed by atoms with Gasteiger partial charge in [0.05, 0.1) is 5.39 Å². The highest BCUT2D eigenvalue weighted by atomic mass is 19.3. The van der Waals surface area contributed by atoms with Gasteiger partial charge in [0.2, 0.25) is 5.91 Å². The Morgan fingerprint density at radius 3 is 2.50 bits per heavy atom. The Balaban J connectivity index is 1.74. The first-order valence-electron chi connectivity index (χ1n) is 7.76. The van der Waals surface area contributed by atoms with E-state index in [2.05, 4.69) is 15.2 Å². The minimum atomic E-state index is -2.70. The van der Waals surface area contributed by atoms with E-state index in [4.69, 9.17) is 0 Å². The fourth-order valence-electron chi connectivity index (χ4n) is 3.09. The van der Waals surface area contributed by atoms with Gasteiger partial charge in [0.15, 0.2) is 0 Å². The number of fused-ring (bicyclic) bond motifs is 1. The van der Waals surface area contributed by atoms with Crippen LogP contribution in [0.1, 0.15) is 30.4 Å². The van der Waals surface area contributed by atoms with Gasteiger partial charge in [0, 0.05) is 37.9 Å². The predicted octanol–water partition coefficient (Wildman–Crippen LogP) is 1.04. The van der Waals surface area contributed by atoms with Crippen molar-refractivity contribution >= 4 is 16.9 Å². The Labute approximate surface area is 135 Å². The Morgan fingerprint density at radius 2 is 1.83 bits per heavy atom. The van der Waals surface area contributed by atoms with Gasteiger partial charge in [-0.2, -0.15) is 0 Å². The molecule has 0 bridgehead atoms. The molecule has 3 N–H and O–H groups in total. The predicted molar refractivity (Wildman–Crippen MR) is 83.4 cm³/mol. The molecule has 1 saturated heterocycles. The maximum atomic E-state index is 13.1. The van der Waals surface area contributed by atoms with Crippen molar-refractivity contribution in [3.63, 3.8) is 0 Å². The molecule has 0 aromatic carbocycles. The molecule has 2 aromatic rings. The third-order valence-corrected chi connectivity index (χ3v) is 4.55. The van der Waals surface area contributed by atoms with Crippen molar-refractivity contribution in [1.29, 1.82) is 0 Å². The van der Waals surface area contributed by atoms with E-state index < -0.39 is 5.92 Å². The number of carbonyl (C=O) groups is 1. The van der Waals surface area contributed by atoms with Crippen LogP contribution < -0.4 is 11.1 Å². The van der Waals surface area contributed by atoms with Gasteiger partial charge in [-0.15, -0.1) is 0 Å². The fraction of sp³-hybridized carbons (Fsp3) is 0.533. The fourth-order valence-corrected chi connectivity index (χ4v) is 3.09. The van der Waals surface area contributed by atoms with E-state index in [1.807, 2.05) is 0 Å². The molecule has 0 spiro atoms. The molecule has 9 heteroatoms. The number of aryl methyl sites for hydroxylation is 1. The maximum Gasteiger partial charge on any atom is 0.273 e. The Morgan fingerprint density at radius 1 is 1.17 bits per heavy atom. The topological polar surface area (TPSA) is 102 Å². The van der Waals surface area contributed by atoms with E-state index in [9.17, 15) is 23.2 Å². The lowest BCUT2D eigenvalue weighted by Gasteiger charge is -2.31. The van der Waals surface area contributed by atoms with Crippen LogP contribution in [0.5, 0.6) is 0 Å². The van der Waals surface area contributed by atoms with E-state index in [1.165, 1.54) is 4.90 Å². The van der Waals surface area contributed by atoms with Crippen LogP contribution in [0, 0.1) is 6.92 Å². The number of piperidine rings is 1. The molecule has 3 heterocycles. The first-order chi connectivity index (χ1) is 11.3. The summed E-state index contributed by atoms with van der Waals surface area (Å²) >= 11 is 0. The highest BCUT2D eigenvalue weighted by Gasteiger charge is 2.35. The number of halogens is 2. The second-order valence-corrected chi connectivity index (χ2v) is 6.12. The summed E-state index contributed by atoms with van der Waals surface area (Å²) in [6.07, 6.45) is -0.456. The molecule has 0 atom stereocenters. The minimum absolute atomic E-state index is 0.0255. The molecule has 1 aliphatic rings. The maximum absolute atomic E-state index is 13.1. The molecule has 0 radical (unpaired) electrons. The number of hydrogen-bond donors (Lipinski definition) is 3. The van der Waals surface area contributed by atoms with Gasteiger partial charge in [-0.25, -0.2) is 8.78 Å². The van der Waals surface area contributed by atoms with Crippen molar-refractivity contribution in [2.75, 3.05) is 13.1 Å². The van der Waals surface area contributed by atoms with Gasteiger partial charge in [-0.1, -0.05) is 0 Å². The number of nitrogens with zero attached hydrogens (tertiary/aromatic N) is 1. The van der Waals surface area contributed by atoms with Crippen LogP contribution in [0.25, 0.3) is 11.0 Å². The smallest absolute Gasteiger partial charge is 0.273 e. The zero-order valence-corrected chi connectivity index (χ0v) is 13.2. The SMILES string of the molecule is Cc1c(CCC(=O)N2CCC(F)(F)CC2)c(=O)[nH]c2[nH][nH]c(=O)c12. The lowest BCUT2D eigenvalue weighted by atomic mass is 10.0. The molecule has 0 unspecified atom stereocenters. The summed E-state index contributed by atoms with van der Waals surface area (Å²) in [6.45, 7) is 1.71. The number of H-pyrrole nitrogens is 3. The van der Waals surface area contributed by atoms with Gasteiger partial charge < -0.3 is 9.88 Å². The van der Waals surface area contributed by atoms with Crippen molar-refractivity contribution in [1.82, 2.24) is 20.1 Å². The summed E-state index contributed by atoms with van der Waals surface area (Å²) in [5.74, 6) is -2.96. The molecule has 2 aromatic heterocycles. The van der Waals surface area contributed by atoms with E-state index in [0.29, 0.717) is 22.2 Å². The van der Waals surface area contributed by atoms with Crippen LogP contribution >= 0.6 is 0 Å². The Hall–Kier alpha value is -2.45. The first-order valence-corrected chi connectivity index (χ1v) is 7.76. The largest absolute Gasteiger partial charge is 0.342 e. The molecular weight excluding hydrogens is 322 g/mol. The van der Waals surface area contributed by atoms with Gasteiger partial charge in [0.25, 0.3) is 17.0 Å². The standard InChI is InChI=1S/C15H18F2N4O3/c1-8-9(13(23)18-12-11(8)14(24)20-19-12)2-3-10(22)21-6-4-15(16,17)5-7-21/h2-7H2,1H3,(H3,18,19,20,23,24). The normalized spacial score (nSPS) is 17.4. The van der Waals surface area contributed by atoms with Gasteiger partial charge in [0.1, 0.15) is 5.65 Å². The quantitative estimate of drug-likeness (QED) is 0.778. The summed E-state index contributed by atoms with van der Waals surface area (Å²) < 4.78 is 26.3. The highest BCUT2D eigenvalue weighted by Crippen LogP contribution is 2.28. The Bertz CT molecular complexity index is 886. The average Bonchev–Trinajstić information content (AvgIpc) is 2.87. The molecule has 1 amide bonds. The van der Waals surface area contributed by atoms with E-state index >= 15 is 0 Å². The van der Waals surface area contributed by atoms with Crippen LogP contribution in [-0.4, -0.2) is 45.0 Å². The molecular formula is C15H18F2N4O3. The highest BCUT2D eigenvalue weighted by molar-refractivity contribution is 5.79. The monoisotopic (exact) mass is 340 g/mol. The van der Waals surface area contributed by atoms with Crippen LogP contribution in [0.4, 0.5) is 8.78 Å². The molecule has 0 saturated carbocycles. The number of aromatic nitrogens is 3. The van der Waals surface area contributed by atoms with Crippen LogP contribution in [0.3, 0.4) is 0 Å². The Kier molecular flexibility index (Phi) is 4.02. The van der Waals surface area contributed by atoms with E-state index in [-0.39, 0.29) is 55.8 Å². The second-order valence-electron chi connectivity index (χ2n) is 6.12. The number of aromatic amines is 3. The molecule has 1 aliphatic heterocycles. The average molecular weight is 340 g/mol. The second kappa shape index (κ2) is 5.88. The lowest BCUT2D eigenvalue weighted by Crippen LogP contribution is -2.42. The van der Waals surface area contributed by atoms with Crippen molar-refractivity contribution in [3.8, 4) is 0 Å². The zero-order valence-electron chi connectivity index (χ0n) is 13.2. The van der Waals surface area contributed by atoms with Gasteiger partial charge in [-0.05, 0) is 18.9 Å². The number of alkyl halides is 2. The van der Waals surface area contributed by atoms with Crippen molar-refractivity contribution in [2.24, 2.45) is 0 Å². The molecule has 0 aliphatic carbocycles. The van der Waals surface area contributed by atoms with Crippen molar-refractivity contribution in [2.45, 2.75) is 38.5 Å². The molecule has 7 nitrogen and oxygen atoms in total. The van der Waals surface area contributed by atoms with Crippen LogP contribution in [-0.2, 0) is 11.2 Å². The summed E-state index contributed by atoms with van der Waals surface area (Å²) in [5, 5.41) is 5.34. The third-order valence-electron chi connectivity index (χ3n) is 4.55. The number of rotatable bonds is 3. The zero-order chi connectivity index (χ0) is 17.5. The van der Waals surface area contributed by atoms with Crippen LogP contribution in [0.2, 0.25) is 0 Å². The summed E-state index contributed by atoms with van der Waals surface area (Å²) in [7, 11) is 0. The molecule has 3 rings (SSSR count).